The van der Waals surface area contributed by atoms with Crippen molar-refractivity contribution in [2.45, 2.75) is 58.0 Å². The lowest BCUT2D eigenvalue weighted by Gasteiger charge is -2.32. The lowest BCUT2D eigenvalue weighted by Crippen LogP contribution is -2.46. The van der Waals surface area contributed by atoms with Crippen molar-refractivity contribution in [3.05, 3.63) is 74.1 Å². The first-order valence-corrected chi connectivity index (χ1v) is 12.5. The van der Waals surface area contributed by atoms with Gasteiger partial charge in [0.2, 0.25) is 11.8 Å². The van der Waals surface area contributed by atoms with Gasteiger partial charge >= 0.3 is 0 Å². The molecule has 0 aliphatic heterocycles. The van der Waals surface area contributed by atoms with Gasteiger partial charge in [-0.05, 0) is 72.8 Å². The Hall–Kier alpha value is -2.44. The number of hydrogen-bond acceptors (Lipinski definition) is 4. The van der Waals surface area contributed by atoms with Gasteiger partial charge in [0.1, 0.15) is 6.04 Å². The molecule has 1 atom stereocenters. The van der Waals surface area contributed by atoms with Crippen LogP contribution >= 0.6 is 22.7 Å². The van der Waals surface area contributed by atoms with Crippen LogP contribution in [0.15, 0.2) is 53.2 Å². The lowest BCUT2D eigenvalue weighted by molar-refractivity contribution is -0.126. The summed E-state index contributed by atoms with van der Waals surface area (Å²) in [5.41, 5.74) is 2.93. The molecule has 1 aromatic carbocycles. The van der Waals surface area contributed by atoms with E-state index in [1.807, 2.05) is 61.0 Å². The maximum Gasteiger partial charge on any atom is 0.248 e. The molecule has 0 spiro atoms. The number of anilines is 1. The second kappa shape index (κ2) is 9.79. The van der Waals surface area contributed by atoms with E-state index in [1.165, 1.54) is 11.3 Å². The third-order valence-corrected chi connectivity index (χ3v) is 7.48. The van der Waals surface area contributed by atoms with Crippen LogP contribution in [0.1, 0.15) is 52.6 Å². The van der Waals surface area contributed by atoms with E-state index in [9.17, 15) is 9.59 Å². The molecule has 1 aliphatic carbocycles. The Balaban J connectivity index is 1.74. The van der Waals surface area contributed by atoms with Gasteiger partial charge in [-0.3, -0.25) is 14.5 Å². The third kappa shape index (κ3) is 5.25. The van der Waals surface area contributed by atoms with Gasteiger partial charge in [-0.1, -0.05) is 31.0 Å². The molecular weight excluding hydrogens is 424 g/mol. The van der Waals surface area contributed by atoms with E-state index in [4.69, 9.17) is 0 Å². The molecule has 6 heteroatoms. The number of aryl methyl sites for hydroxylation is 2. The Morgan fingerprint density at radius 3 is 2.32 bits per heavy atom. The van der Waals surface area contributed by atoms with E-state index < -0.39 is 6.04 Å². The average Bonchev–Trinajstić information content (AvgIpc) is 3.48. The lowest BCUT2D eigenvalue weighted by atomic mass is 10.1. The van der Waals surface area contributed by atoms with Crippen LogP contribution in [0, 0.1) is 13.8 Å². The van der Waals surface area contributed by atoms with Crippen molar-refractivity contribution in [3.63, 3.8) is 0 Å². The van der Waals surface area contributed by atoms with Crippen LogP contribution in [0.5, 0.6) is 0 Å². The number of benzene rings is 1. The molecular formula is C25H28N2O2S2. The maximum atomic E-state index is 13.7. The number of nitrogens with one attached hydrogen (secondary N) is 1. The molecule has 4 rings (SSSR count). The molecule has 1 N–H and O–H groups in total. The molecule has 4 nitrogen and oxygen atoms in total. The van der Waals surface area contributed by atoms with Crippen molar-refractivity contribution in [1.82, 2.24) is 5.32 Å². The van der Waals surface area contributed by atoms with Crippen molar-refractivity contribution < 1.29 is 9.59 Å². The molecule has 0 radical (unpaired) electrons. The Morgan fingerprint density at radius 2 is 1.71 bits per heavy atom. The number of nitrogens with zero attached hydrogens (tertiary/aromatic N) is 1. The molecule has 1 fully saturated rings. The standard InChI is InChI=1S/C25H28N2O2S2/c1-17-13-18(2)15-20(14-17)27(23(28)16-21-9-5-11-30-21)24(22-10-6-12-31-22)25(29)26-19-7-3-4-8-19/h5-6,9-15,19,24H,3-4,7-8,16H2,1-2H3,(H,26,29). The second-order valence-corrected chi connectivity index (χ2v) is 10.3. The monoisotopic (exact) mass is 452 g/mol. The minimum atomic E-state index is -0.672. The zero-order valence-corrected chi connectivity index (χ0v) is 19.6. The zero-order valence-electron chi connectivity index (χ0n) is 18.0. The van der Waals surface area contributed by atoms with Gasteiger partial charge in [-0.2, -0.15) is 0 Å². The van der Waals surface area contributed by atoms with Gasteiger partial charge in [0, 0.05) is 21.5 Å². The smallest absolute Gasteiger partial charge is 0.248 e. The molecule has 1 unspecified atom stereocenters. The first-order valence-electron chi connectivity index (χ1n) is 10.8. The number of amides is 2. The van der Waals surface area contributed by atoms with E-state index in [2.05, 4.69) is 11.4 Å². The van der Waals surface area contributed by atoms with Gasteiger partial charge in [0.25, 0.3) is 0 Å². The summed E-state index contributed by atoms with van der Waals surface area (Å²) in [4.78, 5) is 30.9. The fourth-order valence-corrected chi connectivity index (χ4v) is 5.85. The number of carbonyl (C=O) groups is 2. The van der Waals surface area contributed by atoms with Crippen LogP contribution in [0.4, 0.5) is 5.69 Å². The minimum Gasteiger partial charge on any atom is -0.351 e. The van der Waals surface area contributed by atoms with Crippen LogP contribution < -0.4 is 10.2 Å². The highest BCUT2D eigenvalue weighted by Crippen LogP contribution is 2.33. The highest BCUT2D eigenvalue weighted by atomic mass is 32.1. The van der Waals surface area contributed by atoms with Crippen LogP contribution in [-0.2, 0) is 16.0 Å². The van der Waals surface area contributed by atoms with Crippen LogP contribution in [-0.4, -0.2) is 17.9 Å². The predicted octanol–water partition coefficient (Wildman–Crippen LogP) is 5.80. The number of thiophene rings is 2. The number of rotatable bonds is 7. The Labute approximate surface area is 191 Å². The Morgan fingerprint density at radius 1 is 1.03 bits per heavy atom. The quantitative estimate of drug-likeness (QED) is 0.492. The van der Waals surface area contributed by atoms with E-state index in [1.54, 1.807) is 16.2 Å². The van der Waals surface area contributed by atoms with Gasteiger partial charge < -0.3 is 5.32 Å². The molecule has 0 saturated heterocycles. The van der Waals surface area contributed by atoms with Crippen molar-refractivity contribution in [1.29, 1.82) is 0 Å². The fraction of sp³-hybridized carbons (Fsp3) is 0.360. The first-order chi connectivity index (χ1) is 15.0. The van der Waals surface area contributed by atoms with Crippen molar-refractivity contribution in [2.75, 3.05) is 4.90 Å². The first kappa shape index (κ1) is 21.8. The summed E-state index contributed by atoms with van der Waals surface area (Å²) in [7, 11) is 0. The summed E-state index contributed by atoms with van der Waals surface area (Å²) in [5.74, 6) is -0.152. The highest BCUT2D eigenvalue weighted by Gasteiger charge is 2.35. The Bertz CT molecular complexity index is 1000. The summed E-state index contributed by atoms with van der Waals surface area (Å²) in [6.45, 7) is 4.05. The molecule has 0 bridgehead atoms. The van der Waals surface area contributed by atoms with Crippen molar-refractivity contribution in [2.24, 2.45) is 0 Å². The molecule has 1 aliphatic rings. The van der Waals surface area contributed by atoms with Gasteiger partial charge in [-0.15, -0.1) is 22.7 Å². The van der Waals surface area contributed by atoms with E-state index in [0.717, 1.165) is 52.3 Å². The normalized spacial score (nSPS) is 15.0. The molecule has 2 heterocycles. The molecule has 1 saturated carbocycles. The summed E-state index contributed by atoms with van der Waals surface area (Å²) in [5, 5.41) is 7.18. The molecule has 31 heavy (non-hydrogen) atoms. The second-order valence-electron chi connectivity index (χ2n) is 8.27. The minimum absolute atomic E-state index is 0.0626. The summed E-state index contributed by atoms with van der Waals surface area (Å²) in [6, 6.07) is 13.4. The SMILES string of the molecule is Cc1cc(C)cc(N(C(=O)Cc2cccs2)C(C(=O)NC2CCCC2)c2cccs2)c1. The summed E-state index contributed by atoms with van der Waals surface area (Å²) < 4.78 is 0. The van der Waals surface area contributed by atoms with Crippen LogP contribution in [0.3, 0.4) is 0 Å². The van der Waals surface area contributed by atoms with Crippen molar-refractivity contribution >= 4 is 40.2 Å². The molecule has 162 valence electrons. The van der Waals surface area contributed by atoms with E-state index >= 15 is 0 Å². The number of hydrogen-bond donors (Lipinski definition) is 1. The summed E-state index contributed by atoms with van der Waals surface area (Å²) in [6.07, 6.45) is 4.59. The molecule has 2 amide bonds. The Kier molecular flexibility index (Phi) is 6.88. The fourth-order valence-electron chi connectivity index (χ4n) is 4.34. The highest BCUT2D eigenvalue weighted by molar-refractivity contribution is 7.10. The van der Waals surface area contributed by atoms with Crippen molar-refractivity contribution in [3.8, 4) is 0 Å². The van der Waals surface area contributed by atoms with E-state index in [0.29, 0.717) is 0 Å². The third-order valence-electron chi connectivity index (χ3n) is 5.68. The predicted molar refractivity (Wildman–Crippen MR) is 129 cm³/mol. The average molecular weight is 453 g/mol. The van der Waals surface area contributed by atoms with Gasteiger partial charge in [0.05, 0.1) is 6.42 Å². The maximum absolute atomic E-state index is 13.7. The van der Waals surface area contributed by atoms with Gasteiger partial charge in [-0.25, -0.2) is 0 Å². The topological polar surface area (TPSA) is 49.4 Å². The van der Waals surface area contributed by atoms with E-state index in [-0.39, 0.29) is 24.3 Å². The zero-order chi connectivity index (χ0) is 21.8. The summed E-state index contributed by atoms with van der Waals surface area (Å²) >= 11 is 3.09. The molecule has 3 aromatic rings. The largest absolute Gasteiger partial charge is 0.351 e. The van der Waals surface area contributed by atoms with Crippen LogP contribution in [0.2, 0.25) is 0 Å². The molecule has 2 aromatic heterocycles. The van der Waals surface area contributed by atoms with Crippen LogP contribution in [0.25, 0.3) is 0 Å². The number of carbonyl (C=O) groups excluding carboxylic acids is 2. The van der Waals surface area contributed by atoms with Gasteiger partial charge in [0.15, 0.2) is 0 Å².